The predicted molar refractivity (Wildman–Crippen MR) is 138 cm³/mol. The molecular formula is C27H29N3O4S. The number of anilines is 1. The highest BCUT2D eigenvalue weighted by atomic mass is 32.1. The number of aromatic nitrogens is 2. The SMILES string of the molecule is CCOC(=O)c1c(NC(=O)CCc2c(C)nc3ccccn23)sc(C)c1-c1ccc(OCC)cc1. The van der Waals surface area contributed by atoms with Crippen LogP contribution >= 0.6 is 11.3 Å². The summed E-state index contributed by atoms with van der Waals surface area (Å²) in [5, 5.41) is 3.47. The first-order valence-corrected chi connectivity index (χ1v) is 12.5. The standard InChI is InChI=1S/C27H29N3O4S/c1-5-33-20-12-10-19(11-13-20)24-18(4)35-26(25(24)27(32)34-6-2)29-23(31)15-14-21-17(3)28-22-9-7-8-16-30(21)22/h7-13,16H,5-6,14-15H2,1-4H3,(H,29,31). The van der Waals surface area contributed by atoms with Crippen molar-refractivity contribution >= 4 is 33.9 Å². The van der Waals surface area contributed by atoms with Crippen LogP contribution in [0.5, 0.6) is 5.75 Å². The number of nitrogens with zero attached hydrogens (tertiary/aromatic N) is 2. The Hall–Kier alpha value is -3.65. The first-order valence-electron chi connectivity index (χ1n) is 11.7. The fourth-order valence-corrected chi connectivity index (χ4v) is 5.23. The van der Waals surface area contributed by atoms with Crippen LogP contribution in [0.1, 0.15) is 46.9 Å². The van der Waals surface area contributed by atoms with Crippen LogP contribution in [0, 0.1) is 13.8 Å². The maximum absolute atomic E-state index is 13.0. The van der Waals surface area contributed by atoms with Gasteiger partial charge in [0.05, 0.1) is 18.9 Å². The van der Waals surface area contributed by atoms with E-state index >= 15 is 0 Å². The molecule has 0 atom stereocenters. The Morgan fingerprint density at radius 2 is 1.83 bits per heavy atom. The molecule has 7 nitrogen and oxygen atoms in total. The molecule has 4 rings (SSSR count). The average Bonchev–Trinajstić information content (AvgIpc) is 3.33. The number of fused-ring (bicyclic) bond motifs is 1. The highest BCUT2D eigenvalue weighted by molar-refractivity contribution is 7.17. The van der Waals surface area contributed by atoms with E-state index in [1.165, 1.54) is 11.3 Å². The van der Waals surface area contributed by atoms with Crippen molar-refractivity contribution in [1.82, 2.24) is 9.38 Å². The van der Waals surface area contributed by atoms with Gasteiger partial charge in [0.2, 0.25) is 5.91 Å². The molecule has 0 radical (unpaired) electrons. The van der Waals surface area contributed by atoms with E-state index in [4.69, 9.17) is 9.47 Å². The number of thiophene rings is 1. The molecule has 0 aliphatic carbocycles. The summed E-state index contributed by atoms with van der Waals surface area (Å²) in [6, 6.07) is 13.4. The van der Waals surface area contributed by atoms with Gasteiger partial charge in [0.1, 0.15) is 22.0 Å². The number of hydrogen-bond acceptors (Lipinski definition) is 6. The number of rotatable bonds is 9. The van der Waals surface area contributed by atoms with Crippen LogP contribution in [0.4, 0.5) is 5.00 Å². The molecule has 0 aliphatic rings. The summed E-state index contributed by atoms with van der Waals surface area (Å²) < 4.78 is 12.9. The Morgan fingerprint density at radius 1 is 1.06 bits per heavy atom. The molecule has 35 heavy (non-hydrogen) atoms. The van der Waals surface area contributed by atoms with Crippen molar-refractivity contribution in [2.24, 2.45) is 0 Å². The second kappa shape index (κ2) is 10.7. The van der Waals surface area contributed by atoms with Gasteiger partial charge in [-0.25, -0.2) is 9.78 Å². The lowest BCUT2D eigenvalue weighted by atomic mass is 10.0. The number of esters is 1. The molecule has 0 bridgehead atoms. The number of carbonyl (C=O) groups is 2. The number of amides is 1. The monoisotopic (exact) mass is 491 g/mol. The van der Waals surface area contributed by atoms with Gasteiger partial charge in [-0.1, -0.05) is 18.2 Å². The molecule has 1 N–H and O–H groups in total. The summed E-state index contributed by atoms with van der Waals surface area (Å²) in [5.74, 6) is 0.145. The quantitative estimate of drug-likeness (QED) is 0.298. The molecule has 0 spiro atoms. The molecule has 1 amide bonds. The van der Waals surface area contributed by atoms with Crippen molar-refractivity contribution in [3.8, 4) is 16.9 Å². The Labute approximate surface area is 208 Å². The summed E-state index contributed by atoms with van der Waals surface area (Å²) in [7, 11) is 0. The van der Waals surface area contributed by atoms with Crippen LogP contribution in [0.25, 0.3) is 16.8 Å². The van der Waals surface area contributed by atoms with Crippen LogP contribution in [0.2, 0.25) is 0 Å². The van der Waals surface area contributed by atoms with Crippen molar-refractivity contribution in [3.63, 3.8) is 0 Å². The van der Waals surface area contributed by atoms with E-state index in [2.05, 4.69) is 10.3 Å². The molecular weight excluding hydrogens is 462 g/mol. The lowest BCUT2D eigenvalue weighted by Crippen LogP contribution is -2.15. The molecule has 1 aromatic carbocycles. The Morgan fingerprint density at radius 3 is 2.54 bits per heavy atom. The third-order valence-corrected chi connectivity index (χ3v) is 6.71. The Kier molecular flexibility index (Phi) is 7.51. The summed E-state index contributed by atoms with van der Waals surface area (Å²) in [6.45, 7) is 8.42. The number of aryl methyl sites for hydroxylation is 3. The van der Waals surface area contributed by atoms with Gasteiger partial charge in [-0.05, 0) is 63.9 Å². The largest absolute Gasteiger partial charge is 0.494 e. The van der Waals surface area contributed by atoms with E-state index in [-0.39, 0.29) is 18.9 Å². The zero-order chi connectivity index (χ0) is 24.9. The van der Waals surface area contributed by atoms with Gasteiger partial charge >= 0.3 is 5.97 Å². The van der Waals surface area contributed by atoms with Gasteiger partial charge in [0.25, 0.3) is 0 Å². The van der Waals surface area contributed by atoms with Gasteiger partial charge < -0.3 is 19.2 Å². The molecule has 182 valence electrons. The fraction of sp³-hybridized carbons (Fsp3) is 0.296. The van der Waals surface area contributed by atoms with Gasteiger partial charge in [0, 0.05) is 28.8 Å². The zero-order valence-corrected chi connectivity index (χ0v) is 21.2. The minimum atomic E-state index is -0.450. The second-order valence-electron chi connectivity index (χ2n) is 8.04. The van der Waals surface area contributed by atoms with E-state index in [9.17, 15) is 9.59 Å². The van der Waals surface area contributed by atoms with Crippen molar-refractivity contribution < 1.29 is 19.1 Å². The molecule has 8 heteroatoms. The van der Waals surface area contributed by atoms with Crippen molar-refractivity contribution in [2.75, 3.05) is 18.5 Å². The van der Waals surface area contributed by atoms with Crippen LogP contribution in [0.3, 0.4) is 0 Å². The van der Waals surface area contributed by atoms with E-state index in [0.717, 1.165) is 38.8 Å². The van der Waals surface area contributed by atoms with E-state index in [0.29, 0.717) is 23.6 Å². The molecule has 4 aromatic rings. The smallest absolute Gasteiger partial charge is 0.341 e. The molecule has 0 fully saturated rings. The highest BCUT2D eigenvalue weighted by Gasteiger charge is 2.25. The lowest BCUT2D eigenvalue weighted by molar-refractivity contribution is -0.116. The number of ether oxygens (including phenoxy) is 2. The van der Waals surface area contributed by atoms with E-state index in [1.807, 2.05) is 73.8 Å². The number of pyridine rings is 1. The van der Waals surface area contributed by atoms with Gasteiger partial charge in [-0.15, -0.1) is 11.3 Å². The summed E-state index contributed by atoms with van der Waals surface area (Å²) in [6.07, 6.45) is 2.75. The van der Waals surface area contributed by atoms with Crippen LogP contribution < -0.4 is 10.1 Å². The first-order chi connectivity index (χ1) is 16.9. The third-order valence-electron chi connectivity index (χ3n) is 5.69. The number of hydrogen-bond donors (Lipinski definition) is 1. The van der Waals surface area contributed by atoms with E-state index < -0.39 is 5.97 Å². The Balaban J connectivity index is 1.58. The molecule has 3 heterocycles. The summed E-state index contributed by atoms with van der Waals surface area (Å²) in [4.78, 5) is 31.4. The van der Waals surface area contributed by atoms with Crippen LogP contribution in [-0.4, -0.2) is 34.5 Å². The lowest BCUT2D eigenvalue weighted by Gasteiger charge is -2.10. The molecule has 0 aliphatic heterocycles. The third kappa shape index (κ3) is 5.22. The highest BCUT2D eigenvalue weighted by Crippen LogP contribution is 2.41. The van der Waals surface area contributed by atoms with Gasteiger partial charge in [-0.3, -0.25) is 4.79 Å². The molecule has 0 saturated heterocycles. The maximum atomic E-state index is 13.0. The maximum Gasteiger partial charge on any atom is 0.341 e. The molecule has 3 aromatic heterocycles. The number of nitrogens with one attached hydrogen (secondary N) is 1. The molecule has 0 saturated carbocycles. The Bertz CT molecular complexity index is 1360. The number of benzene rings is 1. The molecule has 0 unspecified atom stereocenters. The number of carbonyl (C=O) groups excluding carboxylic acids is 2. The minimum absolute atomic E-state index is 0.166. The summed E-state index contributed by atoms with van der Waals surface area (Å²) >= 11 is 1.38. The van der Waals surface area contributed by atoms with Crippen molar-refractivity contribution in [3.05, 3.63) is 70.5 Å². The van der Waals surface area contributed by atoms with Crippen molar-refractivity contribution in [2.45, 2.75) is 40.5 Å². The van der Waals surface area contributed by atoms with Gasteiger partial charge in [-0.2, -0.15) is 0 Å². The normalized spacial score (nSPS) is 11.0. The fourth-order valence-electron chi connectivity index (χ4n) is 4.15. The average molecular weight is 492 g/mol. The minimum Gasteiger partial charge on any atom is -0.494 e. The predicted octanol–water partition coefficient (Wildman–Crippen LogP) is 5.83. The second-order valence-corrected chi connectivity index (χ2v) is 9.26. The van der Waals surface area contributed by atoms with E-state index in [1.54, 1.807) is 6.92 Å². The zero-order valence-electron chi connectivity index (χ0n) is 20.4. The number of imidazole rings is 1. The van der Waals surface area contributed by atoms with Gasteiger partial charge in [0.15, 0.2) is 0 Å². The van der Waals surface area contributed by atoms with Crippen molar-refractivity contribution in [1.29, 1.82) is 0 Å². The van der Waals surface area contributed by atoms with Crippen LogP contribution in [0.15, 0.2) is 48.7 Å². The summed E-state index contributed by atoms with van der Waals surface area (Å²) in [5.41, 5.74) is 4.79. The topological polar surface area (TPSA) is 81.9 Å². The first kappa shape index (κ1) is 24.5. The van der Waals surface area contributed by atoms with Crippen LogP contribution in [-0.2, 0) is 16.0 Å².